The summed E-state index contributed by atoms with van der Waals surface area (Å²) >= 11 is 0. The summed E-state index contributed by atoms with van der Waals surface area (Å²) in [5.74, 6) is 0.833. The largest absolute Gasteiger partial charge is 0.486 e. The first-order chi connectivity index (χ1) is 7.67. The molecule has 0 amide bonds. The van der Waals surface area contributed by atoms with Crippen LogP contribution >= 0.6 is 0 Å². The Bertz CT molecular complexity index is 330. The zero-order chi connectivity index (χ0) is 12.0. The molecular formula is C13H18O3. The number of hydrogen-bond donors (Lipinski definition) is 1. The smallest absolute Gasteiger partial charge is 0.172 e. The third-order valence-electron chi connectivity index (χ3n) is 2.65. The lowest BCUT2D eigenvalue weighted by atomic mass is 10.0. The first-order valence-electron chi connectivity index (χ1n) is 5.52. The van der Waals surface area contributed by atoms with E-state index in [0.29, 0.717) is 5.75 Å². The van der Waals surface area contributed by atoms with E-state index in [-0.39, 0.29) is 24.9 Å². The number of aliphatic hydroxyl groups excluding tert-OH is 1. The average Bonchev–Trinajstić information content (AvgIpc) is 2.35. The van der Waals surface area contributed by atoms with Crippen molar-refractivity contribution in [3.8, 4) is 5.75 Å². The quantitative estimate of drug-likeness (QED) is 0.802. The predicted octanol–water partition coefficient (Wildman–Crippen LogP) is 2.17. The molecule has 0 aliphatic rings. The van der Waals surface area contributed by atoms with Crippen molar-refractivity contribution in [3.05, 3.63) is 29.8 Å². The van der Waals surface area contributed by atoms with Crippen LogP contribution in [0.25, 0.3) is 0 Å². The predicted molar refractivity (Wildman–Crippen MR) is 62.3 cm³/mol. The van der Waals surface area contributed by atoms with Crippen LogP contribution in [0, 0.1) is 5.92 Å². The molecule has 0 heterocycles. The number of aliphatic hydroxyl groups is 1. The number of carbonyl (C=O) groups is 1. The van der Waals surface area contributed by atoms with Gasteiger partial charge >= 0.3 is 0 Å². The van der Waals surface area contributed by atoms with Gasteiger partial charge in [0.1, 0.15) is 12.4 Å². The van der Waals surface area contributed by atoms with Crippen molar-refractivity contribution in [3.63, 3.8) is 0 Å². The van der Waals surface area contributed by atoms with Gasteiger partial charge < -0.3 is 9.84 Å². The summed E-state index contributed by atoms with van der Waals surface area (Å²) in [6.07, 6.45) is 0.839. The molecular weight excluding hydrogens is 204 g/mol. The fourth-order valence-electron chi connectivity index (χ4n) is 1.22. The highest BCUT2D eigenvalue weighted by atomic mass is 16.5. The highest BCUT2D eigenvalue weighted by Gasteiger charge is 2.10. The lowest BCUT2D eigenvalue weighted by Gasteiger charge is -2.09. The second-order valence-corrected chi connectivity index (χ2v) is 3.87. The van der Waals surface area contributed by atoms with Crippen LogP contribution in [0.3, 0.4) is 0 Å². The SMILES string of the molecule is CCC(C)C(=O)COc1ccc(CO)cc1. The maximum absolute atomic E-state index is 11.5. The molecule has 16 heavy (non-hydrogen) atoms. The third kappa shape index (κ3) is 3.66. The number of benzene rings is 1. The molecule has 0 radical (unpaired) electrons. The maximum Gasteiger partial charge on any atom is 0.172 e. The first kappa shape index (κ1) is 12.7. The van der Waals surface area contributed by atoms with E-state index in [1.165, 1.54) is 0 Å². The molecule has 0 saturated heterocycles. The topological polar surface area (TPSA) is 46.5 Å². The minimum absolute atomic E-state index is 0.0199. The molecule has 1 unspecified atom stereocenters. The van der Waals surface area contributed by atoms with Crippen molar-refractivity contribution in [2.24, 2.45) is 5.92 Å². The summed E-state index contributed by atoms with van der Waals surface area (Å²) in [6.45, 7) is 4.03. The molecule has 1 N–H and O–H groups in total. The Balaban J connectivity index is 2.45. The summed E-state index contributed by atoms with van der Waals surface area (Å²) in [5.41, 5.74) is 0.834. The molecule has 0 aromatic heterocycles. The van der Waals surface area contributed by atoms with Crippen molar-refractivity contribution >= 4 is 5.78 Å². The van der Waals surface area contributed by atoms with Gasteiger partial charge in [0.05, 0.1) is 6.61 Å². The average molecular weight is 222 g/mol. The Morgan fingerprint density at radius 2 is 2.00 bits per heavy atom. The van der Waals surface area contributed by atoms with E-state index in [1.54, 1.807) is 24.3 Å². The highest BCUT2D eigenvalue weighted by molar-refractivity contribution is 5.82. The minimum Gasteiger partial charge on any atom is -0.486 e. The van der Waals surface area contributed by atoms with Crippen LogP contribution in [0.1, 0.15) is 25.8 Å². The van der Waals surface area contributed by atoms with Gasteiger partial charge in [-0.2, -0.15) is 0 Å². The van der Waals surface area contributed by atoms with Gasteiger partial charge in [-0.3, -0.25) is 4.79 Å². The van der Waals surface area contributed by atoms with Gasteiger partial charge in [0.15, 0.2) is 5.78 Å². The Morgan fingerprint density at radius 3 is 2.50 bits per heavy atom. The van der Waals surface area contributed by atoms with Crippen LogP contribution in [0.2, 0.25) is 0 Å². The lowest BCUT2D eigenvalue weighted by Crippen LogP contribution is -2.18. The summed E-state index contributed by atoms with van der Waals surface area (Å²) in [6, 6.07) is 7.08. The van der Waals surface area contributed by atoms with Gasteiger partial charge in [-0.15, -0.1) is 0 Å². The second-order valence-electron chi connectivity index (χ2n) is 3.87. The fourth-order valence-corrected chi connectivity index (χ4v) is 1.22. The monoisotopic (exact) mass is 222 g/mol. The Labute approximate surface area is 96.1 Å². The molecule has 1 atom stereocenters. The van der Waals surface area contributed by atoms with Gasteiger partial charge in [0.25, 0.3) is 0 Å². The fraction of sp³-hybridized carbons (Fsp3) is 0.462. The van der Waals surface area contributed by atoms with Crippen molar-refractivity contribution < 1.29 is 14.6 Å². The number of carbonyl (C=O) groups excluding carboxylic acids is 1. The molecule has 1 rings (SSSR count). The standard InChI is InChI=1S/C13H18O3/c1-3-10(2)13(15)9-16-12-6-4-11(8-14)5-7-12/h4-7,10,14H,3,8-9H2,1-2H3. The van der Waals surface area contributed by atoms with Gasteiger partial charge in [-0.25, -0.2) is 0 Å². The van der Waals surface area contributed by atoms with Crippen LogP contribution < -0.4 is 4.74 Å². The van der Waals surface area contributed by atoms with Gasteiger partial charge in [0, 0.05) is 5.92 Å². The summed E-state index contributed by atoms with van der Waals surface area (Å²) in [7, 11) is 0. The Morgan fingerprint density at radius 1 is 1.38 bits per heavy atom. The highest BCUT2D eigenvalue weighted by Crippen LogP contribution is 2.13. The van der Waals surface area contributed by atoms with Gasteiger partial charge in [0.2, 0.25) is 0 Å². The van der Waals surface area contributed by atoms with E-state index in [4.69, 9.17) is 9.84 Å². The van der Waals surface area contributed by atoms with E-state index in [2.05, 4.69) is 0 Å². The molecule has 0 aliphatic carbocycles. The molecule has 1 aromatic carbocycles. The second kappa shape index (κ2) is 6.28. The number of ether oxygens (including phenoxy) is 1. The molecule has 0 spiro atoms. The van der Waals surface area contributed by atoms with E-state index in [1.807, 2.05) is 13.8 Å². The van der Waals surface area contributed by atoms with Crippen LogP contribution in [0.5, 0.6) is 5.75 Å². The van der Waals surface area contributed by atoms with Crippen molar-refractivity contribution in [1.82, 2.24) is 0 Å². The minimum atomic E-state index is 0.0199. The summed E-state index contributed by atoms with van der Waals surface area (Å²) in [5, 5.41) is 8.86. The van der Waals surface area contributed by atoms with Gasteiger partial charge in [-0.05, 0) is 24.1 Å². The third-order valence-corrected chi connectivity index (χ3v) is 2.65. The molecule has 0 saturated carbocycles. The number of hydrogen-bond acceptors (Lipinski definition) is 3. The van der Waals surface area contributed by atoms with Crippen molar-refractivity contribution in [2.75, 3.05) is 6.61 Å². The number of rotatable bonds is 6. The molecule has 0 fully saturated rings. The first-order valence-corrected chi connectivity index (χ1v) is 5.52. The molecule has 0 bridgehead atoms. The van der Waals surface area contributed by atoms with E-state index < -0.39 is 0 Å². The van der Waals surface area contributed by atoms with Crippen LogP contribution in [-0.4, -0.2) is 17.5 Å². The van der Waals surface area contributed by atoms with Crippen molar-refractivity contribution in [2.45, 2.75) is 26.9 Å². The van der Waals surface area contributed by atoms with Crippen LogP contribution in [0.4, 0.5) is 0 Å². The number of Topliss-reactive ketones (excluding diaryl/α,β-unsaturated/α-hetero) is 1. The van der Waals surface area contributed by atoms with E-state index >= 15 is 0 Å². The molecule has 3 heteroatoms. The zero-order valence-corrected chi connectivity index (χ0v) is 9.77. The molecule has 1 aromatic rings. The maximum atomic E-state index is 11.5. The molecule has 3 nitrogen and oxygen atoms in total. The Hall–Kier alpha value is -1.35. The summed E-state index contributed by atoms with van der Waals surface area (Å²) in [4.78, 5) is 11.5. The van der Waals surface area contributed by atoms with Crippen molar-refractivity contribution in [1.29, 1.82) is 0 Å². The molecule has 0 aliphatic heterocycles. The number of ketones is 1. The summed E-state index contributed by atoms with van der Waals surface area (Å²) < 4.78 is 5.36. The van der Waals surface area contributed by atoms with E-state index in [0.717, 1.165) is 12.0 Å². The van der Waals surface area contributed by atoms with Crippen LogP contribution in [-0.2, 0) is 11.4 Å². The normalized spacial score (nSPS) is 12.2. The molecule has 88 valence electrons. The Kier molecular flexibility index (Phi) is 4.99. The van der Waals surface area contributed by atoms with E-state index in [9.17, 15) is 4.79 Å². The zero-order valence-electron chi connectivity index (χ0n) is 9.77. The van der Waals surface area contributed by atoms with Gasteiger partial charge in [-0.1, -0.05) is 26.0 Å². The van der Waals surface area contributed by atoms with Crippen LogP contribution in [0.15, 0.2) is 24.3 Å². The lowest BCUT2D eigenvalue weighted by molar-refractivity contribution is -0.124.